The van der Waals surface area contributed by atoms with Crippen LogP contribution >= 0.6 is 11.5 Å². The Hall–Kier alpha value is -3.25. The van der Waals surface area contributed by atoms with E-state index in [0.29, 0.717) is 39.7 Å². The molecule has 180 valence electrons. The number of rotatable bonds is 7. The van der Waals surface area contributed by atoms with Crippen LogP contribution in [0.2, 0.25) is 0 Å². The number of nitrogens with zero attached hydrogens (tertiary/aromatic N) is 5. The van der Waals surface area contributed by atoms with Crippen LogP contribution in [0.25, 0.3) is 5.70 Å². The van der Waals surface area contributed by atoms with E-state index in [2.05, 4.69) is 48.5 Å². The van der Waals surface area contributed by atoms with Gasteiger partial charge in [-0.2, -0.15) is 17.5 Å². The molecule has 1 aliphatic heterocycles. The lowest BCUT2D eigenvalue weighted by Gasteiger charge is -2.28. The van der Waals surface area contributed by atoms with Gasteiger partial charge >= 0.3 is 6.18 Å². The Morgan fingerprint density at radius 2 is 1.91 bits per heavy atom. The highest BCUT2D eigenvalue weighted by Gasteiger charge is 2.32. The summed E-state index contributed by atoms with van der Waals surface area (Å²) in [4.78, 5) is 13.9. The van der Waals surface area contributed by atoms with Crippen molar-refractivity contribution in [3.05, 3.63) is 54.3 Å². The van der Waals surface area contributed by atoms with E-state index in [4.69, 9.17) is 4.74 Å². The molecule has 3 aromatic heterocycles. The summed E-state index contributed by atoms with van der Waals surface area (Å²) in [5, 5.41) is 6.75. The second-order valence-corrected chi connectivity index (χ2v) is 8.76. The van der Waals surface area contributed by atoms with Crippen molar-refractivity contribution >= 4 is 33.7 Å². The third-order valence-electron chi connectivity index (χ3n) is 5.33. The SMILES string of the molecule is C=C(Nc1ccc(OC2CCN(C)CC2)nc1)c1c(C)nsc1Nc1cnc(C(F)(F)F)cn1. The molecule has 0 amide bonds. The highest BCUT2D eigenvalue weighted by atomic mass is 32.1. The predicted molar refractivity (Wildman–Crippen MR) is 125 cm³/mol. The topological polar surface area (TPSA) is 88.1 Å². The lowest BCUT2D eigenvalue weighted by molar-refractivity contribution is -0.141. The van der Waals surface area contributed by atoms with E-state index < -0.39 is 11.9 Å². The van der Waals surface area contributed by atoms with Crippen molar-refractivity contribution in [2.24, 2.45) is 0 Å². The summed E-state index contributed by atoms with van der Waals surface area (Å²) >= 11 is 1.15. The zero-order chi connectivity index (χ0) is 24.3. The minimum absolute atomic E-state index is 0.166. The molecule has 2 N–H and O–H groups in total. The van der Waals surface area contributed by atoms with Gasteiger partial charge in [-0.25, -0.2) is 15.0 Å². The lowest BCUT2D eigenvalue weighted by atomic mass is 10.1. The molecule has 4 heterocycles. The first-order valence-corrected chi connectivity index (χ1v) is 11.4. The Balaban J connectivity index is 1.40. The van der Waals surface area contributed by atoms with Crippen LogP contribution < -0.4 is 15.4 Å². The third-order valence-corrected chi connectivity index (χ3v) is 6.19. The number of nitrogens with one attached hydrogen (secondary N) is 2. The van der Waals surface area contributed by atoms with Gasteiger partial charge in [0.15, 0.2) is 5.69 Å². The van der Waals surface area contributed by atoms with E-state index in [9.17, 15) is 13.2 Å². The van der Waals surface area contributed by atoms with E-state index in [-0.39, 0.29) is 11.9 Å². The van der Waals surface area contributed by atoms with Crippen LogP contribution in [0.15, 0.2) is 37.3 Å². The number of hydrogen-bond acceptors (Lipinski definition) is 9. The van der Waals surface area contributed by atoms with E-state index in [0.717, 1.165) is 43.7 Å². The van der Waals surface area contributed by atoms with Crippen molar-refractivity contribution in [2.45, 2.75) is 32.0 Å². The van der Waals surface area contributed by atoms with Gasteiger partial charge in [0.2, 0.25) is 5.88 Å². The molecule has 3 aromatic rings. The van der Waals surface area contributed by atoms with Crippen LogP contribution in [0, 0.1) is 6.92 Å². The van der Waals surface area contributed by atoms with Crippen molar-refractivity contribution in [1.29, 1.82) is 0 Å². The van der Waals surface area contributed by atoms with Gasteiger partial charge in [-0.1, -0.05) is 6.58 Å². The van der Waals surface area contributed by atoms with Gasteiger partial charge in [-0.3, -0.25) is 0 Å². The summed E-state index contributed by atoms with van der Waals surface area (Å²) in [7, 11) is 2.10. The fourth-order valence-corrected chi connectivity index (χ4v) is 4.33. The number of halogens is 3. The van der Waals surface area contributed by atoms with E-state index in [1.165, 1.54) is 0 Å². The van der Waals surface area contributed by atoms with Gasteiger partial charge in [-0.05, 0) is 44.4 Å². The molecule has 34 heavy (non-hydrogen) atoms. The van der Waals surface area contributed by atoms with Gasteiger partial charge in [0.1, 0.15) is 16.9 Å². The van der Waals surface area contributed by atoms with Crippen LogP contribution in [-0.4, -0.2) is 50.5 Å². The summed E-state index contributed by atoms with van der Waals surface area (Å²) in [6, 6.07) is 3.66. The number of anilines is 3. The summed E-state index contributed by atoms with van der Waals surface area (Å²) in [5.74, 6) is 0.741. The zero-order valence-corrected chi connectivity index (χ0v) is 19.5. The third kappa shape index (κ3) is 5.81. The van der Waals surface area contributed by atoms with Crippen LogP contribution in [0.4, 0.5) is 29.7 Å². The summed E-state index contributed by atoms with van der Waals surface area (Å²) in [6.07, 6.45) is 0.946. The number of piperidine rings is 1. The minimum atomic E-state index is -4.54. The van der Waals surface area contributed by atoms with Gasteiger partial charge in [-0.15, -0.1) is 0 Å². The van der Waals surface area contributed by atoms with E-state index in [1.807, 2.05) is 19.1 Å². The average Bonchev–Trinajstić information content (AvgIpc) is 3.16. The number of aryl methyl sites for hydroxylation is 1. The molecule has 1 saturated heterocycles. The molecule has 8 nitrogen and oxygen atoms in total. The van der Waals surface area contributed by atoms with Gasteiger partial charge in [0, 0.05) is 24.9 Å². The standard InChI is InChI=1S/C22H24F3N7OS/c1-13(29-15-4-5-19(28-10-15)33-16-6-8-32(3)9-7-16)20-14(2)31-34-21(20)30-18-12-26-17(11-27-18)22(23,24)25/h4-5,10-12,16,29H,1,6-9H2,2-3H3,(H,27,30). The van der Waals surface area contributed by atoms with E-state index >= 15 is 0 Å². The lowest BCUT2D eigenvalue weighted by Crippen LogP contribution is -2.35. The van der Waals surface area contributed by atoms with Crippen molar-refractivity contribution < 1.29 is 17.9 Å². The number of pyridine rings is 1. The largest absolute Gasteiger partial charge is 0.474 e. The first kappa shape index (κ1) is 23.9. The second kappa shape index (κ2) is 9.94. The molecule has 0 radical (unpaired) electrons. The molecule has 0 atom stereocenters. The van der Waals surface area contributed by atoms with Gasteiger partial charge in [0.25, 0.3) is 0 Å². The predicted octanol–water partition coefficient (Wildman–Crippen LogP) is 4.95. The number of ether oxygens (including phenoxy) is 1. The smallest absolute Gasteiger partial charge is 0.434 e. The van der Waals surface area contributed by atoms with Crippen LogP contribution in [0.1, 0.15) is 29.8 Å². The van der Waals surface area contributed by atoms with E-state index in [1.54, 1.807) is 6.20 Å². The van der Waals surface area contributed by atoms with Crippen molar-refractivity contribution in [2.75, 3.05) is 30.8 Å². The Labute approximate surface area is 199 Å². The maximum Gasteiger partial charge on any atom is 0.434 e. The Morgan fingerprint density at radius 1 is 1.15 bits per heavy atom. The number of alkyl halides is 3. The average molecular weight is 492 g/mol. The molecule has 0 bridgehead atoms. The highest BCUT2D eigenvalue weighted by Crippen LogP contribution is 2.33. The van der Waals surface area contributed by atoms with Crippen LogP contribution in [-0.2, 0) is 6.18 Å². The van der Waals surface area contributed by atoms with Gasteiger partial charge in [0.05, 0.1) is 35.5 Å². The molecule has 1 aliphatic rings. The summed E-state index contributed by atoms with van der Waals surface area (Å²) in [6.45, 7) is 7.92. The minimum Gasteiger partial charge on any atom is -0.474 e. The van der Waals surface area contributed by atoms with Crippen molar-refractivity contribution in [1.82, 2.24) is 24.2 Å². The molecular weight excluding hydrogens is 467 g/mol. The Kier molecular flexibility index (Phi) is 6.98. The Bertz CT molecular complexity index is 1120. The molecule has 0 aliphatic carbocycles. The monoisotopic (exact) mass is 491 g/mol. The number of hydrogen-bond donors (Lipinski definition) is 2. The quantitative estimate of drug-likeness (QED) is 0.480. The first-order valence-electron chi connectivity index (χ1n) is 10.6. The molecule has 0 spiro atoms. The van der Waals surface area contributed by atoms with Crippen LogP contribution in [0.5, 0.6) is 5.88 Å². The van der Waals surface area contributed by atoms with Gasteiger partial charge < -0.3 is 20.3 Å². The highest BCUT2D eigenvalue weighted by molar-refractivity contribution is 7.10. The molecule has 0 aromatic carbocycles. The summed E-state index contributed by atoms with van der Waals surface area (Å²) < 4.78 is 48.5. The number of likely N-dealkylation sites (tertiary alicyclic amines) is 1. The van der Waals surface area contributed by atoms with Crippen molar-refractivity contribution in [3.63, 3.8) is 0 Å². The molecule has 4 rings (SSSR count). The summed E-state index contributed by atoms with van der Waals surface area (Å²) in [5.41, 5.74) is 1.62. The fraction of sp³-hybridized carbons (Fsp3) is 0.364. The first-order chi connectivity index (χ1) is 16.2. The maximum absolute atomic E-state index is 12.7. The zero-order valence-electron chi connectivity index (χ0n) is 18.7. The molecule has 12 heteroatoms. The molecular formula is C22H24F3N7OS. The van der Waals surface area contributed by atoms with Crippen LogP contribution in [0.3, 0.4) is 0 Å². The Morgan fingerprint density at radius 3 is 2.53 bits per heavy atom. The van der Waals surface area contributed by atoms with Crippen molar-refractivity contribution in [3.8, 4) is 5.88 Å². The molecule has 0 unspecified atom stereocenters. The number of aromatic nitrogens is 4. The molecule has 0 saturated carbocycles. The second-order valence-electron chi connectivity index (χ2n) is 7.99. The molecule has 1 fully saturated rings. The fourth-order valence-electron chi connectivity index (χ4n) is 3.50. The maximum atomic E-state index is 12.7. The normalized spacial score (nSPS) is 15.2.